The molecule has 1 aliphatic rings. The largest absolute Gasteiger partial charge is 0.444 e. The van der Waals surface area contributed by atoms with Crippen LogP contribution in [0.3, 0.4) is 0 Å². The summed E-state index contributed by atoms with van der Waals surface area (Å²) in [4.78, 5) is 100. The predicted molar refractivity (Wildman–Crippen MR) is 259 cm³/mol. The summed E-state index contributed by atoms with van der Waals surface area (Å²) >= 11 is 0. The lowest BCUT2D eigenvalue weighted by atomic mass is 9.89. The summed E-state index contributed by atoms with van der Waals surface area (Å²) in [5.74, 6) is -2.62. The van der Waals surface area contributed by atoms with Crippen LogP contribution in [0.4, 0.5) is 10.5 Å². The van der Waals surface area contributed by atoms with Gasteiger partial charge in [-0.05, 0) is 104 Å². The average Bonchev–Trinajstić information content (AvgIpc) is 3.75. The Bertz CT molecular complexity index is 1820. The van der Waals surface area contributed by atoms with Gasteiger partial charge in [-0.25, -0.2) is 4.79 Å². The highest BCUT2D eigenvalue weighted by atomic mass is 16.6. The van der Waals surface area contributed by atoms with Crippen molar-refractivity contribution in [1.82, 2.24) is 35.6 Å². The lowest BCUT2D eigenvalue weighted by molar-refractivity contribution is -0.149. The van der Waals surface area contributed by atoms with Crippen LogP contribution >= 0.6 is 0 Å². The Balaban J connectivity index is 2.11. The Kier molecular flexibility index (Phi) is 23.2. The smallest absolute Gasteiger partial charge is 0.408 e. The van der Waals surface area contributed by atoms with E-state index in [1.807, 2.05) is 54.8 Å². The van der Waals surface area contributed by atoms with Crippen molar-refractivity contribution in [2.45, 2.75) is 162 Å². The normalized spacial score (nSPS) is 18.1. The van der Waals surface area contributed by atoms with Crippen LogP contribution in [-0.2, 0) is 49.4 Å². The molecule has 380 valence electrons. The molecule has 1 fully saturated rings. The molecule has 4 N–H and O–H groups in total. The first-order valence-corrected chi connectivity index (χ1v) is 23.7. The van der Waals surface area contributed by atoms with Crippen LogP contribution in [-0.4, -0.2) is 171 Å². The van der Waals surface area contributed by atoms with Crippen molar-refractivity contribution in [3.8, 4) is 0 Å². The number of amides is 7. The van der Waals surface area contributed by atoms with E-state index < -0.39 is 71.8 Å². The Labute approximate surface area is 400 Å². The van der Waals surface area contributed by atoms with Gasteiger partial charge in [-0.2, -0.15) is 0 Å². The molecule has 1 aromatic rings. The average molecular weight is 945 g/mol. The van der Waals surface area contributed by atoms with Crippen molar-refractivity contribution in [1.29, 1.82) is 0 Å². The maximum atomic E-state index is 14.3. The van der Waals surface area contributed by atoms with Crippen LogP contribution in [0.15, 0.2) is 24.3 Å². The minimum atomic E-state index is -0.938. The highest BCUT2D eigenvalue weighted by molar-refractivity contribution is 5.98. The number of rotatable bonds is 24. The summed E-state index contributed by atoms with van der Waals surface area (Å²) < 4.78 is 17.2. The van der Waals surface area contributed by atoms with E-state index in [-0.39, 0.29) is 47.9 Å². The molecule has 1 heterocycles. The van der Waals surface area contributed by atoms with E-state index in [4.69, 9.17) is 14.2 Å². The number of ether oxygens (including phenoxy) is 3. The number of hydrogen-bond donors (Lipinski definition) is 4. The minimum absolute atomic E-state index is 0.00820. The molecule has 0 radical (unpaired) electrons. The van der Waals surface area contributed by atoms with Gasteiger partial charge in [0.25, 0.3) is 0 Å². The molecule has 18 nitrogen and oxygen atoms in total. The van der Waals surface area contributed by atoms with Gasteiger partial charge in [0.1, 0.15) is 23.7 Å². The third-order valence-corrected chi connectivity index (χ3v) is 12.8. The topological polar surface area (TPSA) is 208 Å². The zero-order valence-corrected chi connectivity index (χ0v) is 43.5. The fraction of sp³-hybridized carbons (Fsp3) is 0.735. The Hall–Kier alpha value is -4.81. The number of hydrogen-bond acceptors (Lipinski definition) is 11. The van der Waals surface area contributed by atoms with Gasteiger partial charge in [0, 0.05) is 47.1 Å². The molecule has 0 saturated carbocycles. The van der Waals surface area contributed by atoms with Crippen LogP contribution in [0.2, 0.25) is 0 Å². The van der Waals surface area contributed by atoms with Gasteiger partial charge in [-0.15, -0.1) is 0 Å². The third-order valence-electron chi connectivity index (χ3n) is 12.8. The van der Waals surface area contributed by atoms with Crippen LogP contribution in [0.1, 0.15) is 107 Å². The molecule has 0 aliphatic carbocycles. The fourth-order valence-electron chi connectivity index (χ4n) is 8.30. The molecule has 0 spiro atoms. The molecule has 1 saturated heterocycles. The van der Waals surface area contributed by atoms with Crippen molar-refractivity contribution in [2.75, 3.05) is 60.8 Å². The summed E-state index contributed by atoms with van der Waals surface area (Å²) in [6.07, 6.45) is 0.625. The molecule has 0 bridgehead atoms. The number of methoxy groups -OCH3 is 2. The monoisotopic (exact) mass is 945 g/mol. The van der Waals surface area contributed by atoms with Gasteiger partial charge in [-0.1, -0.05) is 53.2 Å². The van der Waals surface area contributed by atoms with E-state index in [0.717, 1.165) is 18.4 Å². The van der Waals surface area contributed by atoms with E-state index in [2.05, 4.69) is 21.3 Å². The second-order valence-electron chi connectivity index (χ2n) is 19.8. The van der Waals surface area contributed by atoms with E-state index in [0.29, 0.717) is 31.6 Å². The maximum Gasteiger partial charge on any atom is 0.408 e. The predicted octanol–water partition coefficient (Wildman–Crippen LogP) is 4.06. The first-order valence-electron chi connectivity index (χ1n) is 23.7. The van der Waals surface area contributed by atoms with Crippen molar-refractivity contribution < 1.29 is 47.8 Å². The lowest BCUT2D eigenvalue weighted by Gasteiger charge is -2.41. The van der Waals surface area contributed by atoms with Crippen molar-refractivity contribution >= 4 is 47.2 Å². The molecule has 7 amide bonds. The van der Waals surface area contributed by atoms with Crippen LogP contribution in [0, 0.1) is 17.8 Å². The van der Waals surface area contributed by atoms with Crippen molar-refractivity contribution in [3.05, 3.63) is 29.8 Å². The first-order chi connectivity index (χ1) is 31.2. The van der Waals surface area contributed by atoms with Gasteiger partial charge in [0.2, 0.25) is 35.4 Å². The number of anilines is 1. The Morgan fingerprint density at radius 1 is 0.821 bits per heavy atom. The number of alkyl carbamates (subject to hydrolysis) is 1. The van der Waals surface area contributed by atoms with Gasteiger partial charge in [0.15, 0.2) is 0 Å². The van der Waals surface area contributed by atoms with Crippen LogP contribution in [0.5, 0.6) is 0 Å². The third kappa shape index (κ3) is 17.3. The second kappa shape index (κ2) is 26.7. The van der Waals surface area contributed by atoms with Gasteiger partial charge in [0.05, 0.1) is 42.7 Å². The van der Waals surface area contributed by atoms with Gasteiger partial charge >= 0.3 is 6.09 Å². The van der Waals surface area contributed by atoms with E-state index in [9.17, 15) is 33.6 Å². The number of likely N-dealkylation sites (tertiary alicyclic amines) is 1. The molecule has 67 heavy (non-hydrogen) atoms. The molecule has 1 aliphatic heterocycles. The van der Waals surface area contributed by atoms with E-state index >= 15 is 0 Å². The minimum Gasteiger partial charge on any atom is -0.444 e. The Morgan fingerprint density at radius 3 is 2.00 bits per heavy atom. The summed E-state index contributed by atoms with van der Waals surface area (Å²) in [5.41, 5.74) is 0.650. The van der Waals surface area contributed by atoms with Crippen molar-refractivity contribution in [2.24, 2.45) is 17.8 Å². The second-order valence-corrected chi connectivity index (χ2v) is 19.8. The van der Waals surface area contributed by atoms with E-state index in [1.54, 1.807) is 93.8 Å². The summed E-state index contributed by atoms with van der Waals surface area (Å²) in [5, 5.41) is 10.8. The summed E-state index contributed by atoms with van der Waals surface area (Å²) in [7, 11) is 10.2. The van der Waals surface area contributed by atoms with Gasteiger partial charge < -0.3 is 50.2 Å². The fourth-order valence-corrected chi connectivity index (χ4v) is 8.30. The molecular formula is C49H84N8O10. The molecule has 1 aromatic carbocycles. The highest BCUT2D eigenvalue weighted by Crippen LogP contribution is 2.30. The molecule has 10 atom stereocenters. The molecule has 2 rings (SSSR count). The zero-order chi connectivity index (χ0) is 51.1. The molecule has 18 heteroatoms. The van der Waals surface area contributed by atoms with Crippen LogP contribution < -0.4 is 21.3 Å². The van der Waals surface area contributed by atoms with E-state index in [1.165, 1.54) is 13.8 Å². The Morgan fingerprint density at radius 2 is 1.45 bits per heavy atom. The quantitative estimate of drug-likeness (QED) is 0.116. The SMILES string of the molecule is CC[C@H](C)[C@@H]([C@@H](CC(=O)N1CCC[C@H]1[C@H](OC)[C@@H](C)C(=O)N(C)CCc1cccc(NC(=O)[C@H](C)NC(=O)[C@H](C)NC(=O)OC(C)(C)C)c1)OC)N(C)C(=O)[C@@H](NC(=O)[C@H](C)N(C)C)C(C)C. The first kappa shape index (κ1) is 58.3. The number of carbonyl (C=O) groups excluding carboxylic acids is 7. The standard InChI is InChI=1S/C49H84N8O10/c1-18-30(4)41(56(15)47(63)40(29(2)3)53-45(61)34(8)54(12)13)38(65-16)28-39(58)57-25-20-23-37(57)42(66-17)31(5)46(62)55(14)26-24-35-21-19-22-36(27-35)52-44(60)32(6)50-43(59)33(7)51-48(64)67-49(9,10)11/h19,21-22,27,29-34,37-38,40-42H,18,20,23-26,28H2,1-17H3,(H,50,59)(H,51,64)(H,52,60)(H,53,61)/t30-,31+,32-,33-,34-,37-,38+,40-,41-,42+/m0/s1. The molecule has 0 aromatic heterocycles. The zero-order valence-electron chi connectivity index (χ0n) is 43.5. The number of nitrogens with one attached hydrogen (secondary N) is 4. The number of benzene rings is 1. The number of nitrogens with zero attached hydrogens (tertiary/aromatic N) is 4. The summed E-state index contributed by atoms with van der Waals surface area (Å²) in [6.45, 7) is 20.5. The number of likely N-dealkylation sites (N-methyl/N-ethyl adjacent to an activating group) is 3. The molecular weight excluding hydrogens is 861 g/mol. The highest BCUT2D eigenvalue weighted by Gasteiger charge is 2.43. The molecule has 0 unspecified atom stereocenters. The van der Waals surface area contributed by atoms with Crippen molar-refractivity contribution in [3.63, 3.8) is 0 Å². The lowest BCUT2D eigenvalue weighted by Crippen LogP contribution is -2.59. The summed E-state index contributed by atoms with van der Waals surface area (Å²) in [6, 6.07) is 3.34. The van der Waals surface area contributed by atoms with Crippen LogP contribution in [0.25, 0.3) is 0 Å². The maximum absolute atomic E-state index is 14.3. The number of carbonyl (C=O) groups is 7. The van der Waals surface area contributed by atoms with Gasteiger partial charge in [-0.3, -0.25) is 33.7 Å².